The first-order valence-corrected chi connectivity index (χ1v) is 10.0. The summed E-state index contributed by atoms with van der Waals surface area (Å²) in [5.41, 5.74) is 4.48. The number of primary amides is 1. The van der Waals surface area contributed by atoms with E-state index < -0.39 is 41.1 Å². The van der Waals surface area contributed by atoms with E-state index in [0.717, 1.165) is 0 Å². The highest BCUT2D eigenvalue weighted by Crippen LogP contribution is 2.19. The first kappa shape index (κ1) is 22.0. The van der Waals surface area contributed by atoms with Gasteiger partial charge in [-0.2, -0.15) is 0 Å². The molecule has 2 aromatic heterocycles. The van der Waals surface area contributed by atoms with Gasteiger partial charge in [0, 0.05) is 30.4 Å². The fraction of sp³-hybridized carbons (Fsp3) is 0.474. The second kappa shape index (κ2) is 9.41. The lowest BCUT2D eigenvalue weighted by Gasteiger charge is -2.27. The van der Waals surface area contributed by atoms with E-state index in [-0.39, 0.29) is 24.1 Å². The summed E-state index contributed by atoms with van der Waals surface area (Å²) in [6, 6.07) is -1.81. The van der Waals surface area contributed by atoms with E-state index in [9.17, 15) is 24.0 Å². The van der Waals surface area contributed by atoms with Crippen molar-refractivity contribution >= 4 is 17.7 Å². The van der Waals surface area contributed by atoms with Gasteiger partial charge >= 0.3 is 5.69 Å². The number of likely N-dealkylation sites (tertiary alicyclic amines) is 1. The Kier molecular flexibility index (Phi) is 6.68. The van der Waals surface area contributed by atoms with E-state index in [2.05, 4.69) is 25.3 Å². The highest BCUT2D eigenvalue weighted by molar-refractivity contribution is 5.98. The van der Waals surface area contributed by atoms with Crippen molar-refractivity contribution in [3.63, 3.8) is 0 Å². The van der Waals surface area contributed by atoms with Gasteiger partial charge in [-0.3, -0.25) is 24.2 Å². The van der Waals surface area contributed by atoms with Gasteiger partial charge in [-0.1, -0.05) is 13.3 Å². The molecule has 1 fully saturated rings. The Hall–Kier alpha value is -3.70. The maximum atomic E-state index is 13.2. The molecule has 0 bridgehead atoms. The summed E-state index contributed by atoms with van der Waals surface area (Å²) in [6.07, 6.45) is 4.93. The molecule has 0 aromatic carbocycles. The summed E-state index contributed by atoms with van der Waals surface area (Å²) < 4.78 is 0. The van der Waals surface area contributed by atoms with E-state index in [0.29, 0.717) is 31.5 Å². The largest absolute Gasteiger partial charge is 0.368 e. The number of hydrogen-bond donors (Lipinski definition) is 5. The van der Waals surface area contributed by atoms with Crippen LogP contribution in [0.3, 0.4) is 0 Å². The molecule has 6 N–H and O–H groups in total. The average molecular weight is 431 g/mol. The molecule has 3 heterocycles. The smallest absolute Gasteiger partial charge is 0.326 e. The quantitative estimate of drug-likeness (QED) is 0.340. The second-order valence-electron chi connectivity index (χ2n) is 7.41. The molecule has 12 nitrogen and oxygen atoms in total. The van der Waals surface area contributed by atoms with E-state index >= 15 is 0 Å². The fourth-order valence-corrected chi connectivity index (χ4v) is 3.77. The first-order valence-electron chi connectivity index (χ1n) is 10.0. The van der Waals surface area contributed by atoms with Gasteiger partial charge in [0.1, 0.15) is 17.8 Å². The van der Waals surface area contributed by atoms with E-state index in [1.807, 2.05) is 6.92 Å². The minimum absolute atomic E-state index is 0.0725. The lowest BCUT2D eigenvalue weighted by atomic mass is 10.1. The first-order chi connectivity index (χ1) is 14.8. The Labute approximate surface area is 176 Å². The van der Waals surface area contributed by atoms with Crippen molar-refractivity contribution in [3.8, 4) is 0 Å². The van der Waals surface area contributed by atoms with Crippen LogP contribution in [0.2, 0.25) is 0 Å². The molecule has 0 radical (unpaired) electrons. The normalized spacial score (nSPS) is 16.8. The van der Waals surface area contributed by atoms with E-state index in [4.69, 9.17) is 5.73 Å². The standard InChI is InChI=1S/C19H25N7O5/c1-2-4-11-14(24-19(31)25-16(11)28)17(29)23-12(7-10-8-21-9-22-10)18(30)26-6-3-5-13(26)15(20)27/h8-9,12-13H,2-7H2,1H3,(H2,20,27)(H,21,22)(H,23,29)(H2,24,25,28,31)/t12-,13-/m0/s1. The van der Waals surface area contributed by atoms with Crippen molar-refractivity contribution in [2.75, 3.05) is 6.54 Å². The van der Waals surface area contributed by atoms with Crippen LogP contribution in [0.15, 0.2) is 22.1 Å². The zero-order chi connectivity index (χ0) is 22.5. The number of rotatable bonds is 8. The Bertz CT molecular complexity index is 1070. The molecule has 0 spiro atoms. The molecule has 3 amide bonds. The van der Waals surface area contributed by atoms with Crippen LogP contribution >= 0.6 is 0 Å². The Morgan fingerprint density at radius 3 is 2.74 bits per heavy atom. The predicted molar refractivity (Wildman–Crippen MR) is 109 cm³/mol. The van der Waals surface area contributed by atoms with Gasteiger partial charge in [-0.15, -0.1) is 0 Å². The molecule has 0 unspecified atom stereocenters. The summed E-state index contributed by atoms with van der Waals surface area (Å²) in [5, 5.41) is 2.61. The number of imidazole rings is 1. The van der Waals surface area contributed by atoms with Crippen molar-refractivity contribution in [2.24, 2.45) is 5.73 Å². The minimum Gasteiger partial charge on any atom is -0.368 e. The van der Waals surface area contributed by atoms with E-state index in [1.54, 1.807) is 0 Å². The van der Waals surface area contributed by atoms with Crippen molar-refractivity contribution < 1.29 is 14.4 Å². The Morgan fingerprint density at radius 1 is 1.32 bits per heavy atom. The fourth-order valence-electron chi connectivity index (χ4n) is 3.77. The van der Waals surface area contributed by atoms with Gasteiger partial charge in [-0.05, 0) is 19.3 Å². The summed E-state index contributed by atoms with van der Waals surface area (Å²) in [7, 11) is 0. The monoisotopic (exact) mass is 431 g/mol. The van der Waals surface area contributed by atoms with Crippen molar-refractivity contribution in [1.29, 1.82) is 0 Å². The topological polar surface area (TPSA) is 187 Å². The number of aromatic amines is 3. The molecule has 2 atom stereocenters. The molecule has 166 valence electrons. The lowest BCUT2D eigenvalue weighted by molar-refractivity contribution is -0.138. The molecule has 2 aromatic rings. The van der Waals surface area contributed by atoms with Gasteiger partial charge in [0.15, 0.2) is 0 Å². The highest BCUT2D eigenvalue weighted by Gasteiger charge is 2.37. The summed E-state index contributed by atoms with van der Waals surface area (Å²) in [5.74, 6) is -1.85. The van der Waals surface area contributed by atoms with Gasteiger partial charge in [0.05, 0.1) is 6.33 Å². The zero-order valence-corrected chi connectivity index (χ0v) is 17.1. The molecule has 1 saturated heterocycles. The number of amides is 3. The molecule has 0 aliphatic carbocycles. The molecule has 31 heavy (non-hydrogen) atoms. The third-order valence-corrected chi connectivity index (χ3v) is 5.22. The van der Waals surface area contributed by atoms with Crippen LogP contribution in [0.5, 0.6) is 0 Å². The van der Waals surface area contributed by atoms with Gasteiger partial charge in [-0.25, -0.2) is 9.78 Å². The van der Waals surface area contributed by atoms with Crippen LogP contribution < -0.4 is 22.3 Å². The number of aromatic nitrogens is 4. The average Bonchev–Trinajstić information content (AvgIpc) is 3.40. The maximum absolute atomic E-state index is 13.2. The zero-order valence-electron chi connectivity index (χ0n) is 17.1. The molecule has 1 aliphatic rings. The molecule has 0 saturated carbocycles. The number of carbonyl (C=O) groups is 3. The van der Waals surface area contributed by atoms with Gasteiger partial charge in [0.2, 0.25) is 11.8 Å². The number of hydrogen-bond acceptors (Lipinski definition) is 6. The summed E-state index contributed by atoms with van der Waals surface area (Å²) in [6.45, 7) is 2.17. The SMILES string of the molecule is CCCc1c(C(=O)N[C@@H](Cc2cnc[nH]2)C(=O)N2CCC[C@H]2C(N)=O)[nH]c(=O)[nH]c1=O. The number of carbonyl (C=O) groups excluding carboxylic acids is 3. The van der Waals surface area contributed by atoms with Gasteiger partial charge in [0.25, 0.3) is 11.5 Å². The van der Waals surface area contributed by atoms with Crippen LogP contribution in [0.4, 0.5) is 0 Å². The van der Waals surface area contributed by atoms with Crippen molar-refractivity contribution in [3.05, 3.63) is 50.3 Å². The minimum atomic E-state index is -1.06. The summed E-state index contributed by atoms with van der Waals surface area (Å²) >= 11 is 0. The maximum Gasteiger partial charge on any atom is 0.326 e. The number of nitrogens with two attached hydrogens (primary N) is 1. The third-order valence-electron chi connectivity index (χ3n) is 5.22. The molecular formula is C19H25N7O5. The lowest BCUT2D eigenvalue weighted by Crippen LogP contribution is -2.54. The van der Waals surface area contributed by atoms with Crippen LogP contribution in [0.1, 0.15) is 47.9 Å². The van der Waals surface area contributed by atoms with Crippen LogP contribution in [-0.4, -0.2) is 61.2 Å². The van der Waals surface area contributed by atoms with Crippen molar-refractivity contribution in [1.82, 2.24) is 30.2 Å². The number of nitrogens with one attached hydrogen (secondary N) is 4. The molecule has 1 aliphatic heterocycles. The van der Waals surface area contributed by atoms with E-state index in [1.165, 1.54) is 17.4 Å². The molecular weight excluding hydrogens is 406 g/mol. The highest BCUT2D eigenvalue weighted by atomic mass is 16.2. The van der Waals surface area contributed by atoms with Crippen LogP contribution in [-0.2, 0) is 22.4 Å². The Balaban J connectivity index is 1.91. The van der Waals surface area contributed by atoms with Crippen molar-refractivity contribution in [2.45, 2.75) is 51.1 Å². The third kappa shape index (κ3) is 4.90. The number of nitrogens with zero attached hydrogens (tertiary/aromatic N) is 2. The summed E-state index contributed by atoms with van der Waals surface area (Å²) in [4.78, 5) is 74.5. The Morgan fingerprint density at radius 2 is 2.10 bits per heavy atom. The molecule has 12 heteroatoms. The molecule has 3 rings (SSSR count). The predicted octanol–water partition coefficient (Wildman–Crippen LogP) is -1.44. The van der Waals surface area contributed by atoms with Gasteiger partial charge < -0.3 is 25.9 Å². The van der Waals surface area contributed by atoms with Crippen LogP contribution in [0, 0.1) is 0 Å². The van der Waals surface area contributed by atoms with Crippen LogP contribution in [0.25, 0.3) is 0 Å². The number of H-pyrrole nitrogens is 3. The second-order valence-corrected chi connectivity index (χ2v) is 7.41.